The van der Waals surface area contributed by atoms with E-state index in [1.165, 1.54) is 11.3 Å². The van der Waals surface area contributed by atoms with Crippen LogP contribution < -0.4 is 11.1 Å². The number of hydrogen-bond acceptors (Lipinski definition) is 5. The molecule has 0 aliphatic heterocycles. The molecule has 10 heteroatoms. The lowest BCUT2D eigenvalue weighted by Gasteiger charge is -2.04. The van der Waals surface area contributed by atoms with E-state index in [0.29, 0.717) is 22.1 Å². The summed E-state index contributed by atoms with van der Waals surface area (Å²) in [5.74, 6) is -0.804. The van der Waals surface area contributed by atoms with Crippen LogP contribution in [0.5, 0.6) is 0 Å². The predicted octanol–water partition coefficient (Wildman–Crippen LogP) is 3.44. The van der Waals surface area contributed by atoms with Gasteiger partial charge < -0.3 is 10.7 Å². The maximum Gasteiger partial charge on any atom is 0.265 e. The molecule has 3 aromatic heterocycles. The fourth-order valence-electron chi connectivity index (χ4n) is 2.53. The summed E-state index contributed by atoms with van der Waals surface area (Å²) in [4.78, 5) is 30.8. The highest BCUT2D eigenvalue weighted by Crippen LogP contribution is 2.26. The number of halogens is 1. The van der Waals surface area contributed by atoms with Gasteiger partial charge in [0, 0.05) is 28.9 Å². The van der Waals surface area contributed by atoms with Crippen LogP contribution in [0.25, 0.3) is 16.9 Å². The first-order chi connectivity index (χ1) is 13.5. The van der Waals surface area contributed by atoms with Gasteiger partial charge in [0.05, 0.1) is 22.1 Å². The van der Waals surface area contributed by atoms with Crippen molar-refractivity contribution in [1.29, 1.82) is 0 Å². The van der Waals surface area contributed by atoms with Crippen LogP contribution in [0.1, 0.15) is 20.8 Å². The Morgan fingerprint density at radius 2 is 2.04 bits per heavy atom. The molecule has 0 saturated carbocycles. The number of nitrogens with one attached hydrogen (secondary N) is 2. The highest BCUT2D eigenvalue weighted by atomic mass is 79.9. The van der Waals surface area contributed by atoms with Gasteiger partial charge in [-0.3, -0.25) is 14.9 Å². The normalized spacial score (nSPS) is 10.8. The van der Waals surface area contributed by atoms with Gasteiger partial charge in [-0.15, -0.1) is 11.3 Å². The molecule has 0 aliphatic carbocycles. The fourth-order valence-corrected chi connectivity index (χ4v) is 3.53. The molecule has 0 bridgehead atoms. The van der Waals surface area contributed by atoms with Gasteiger partial charge >= 0.3 is 0 Å². The van der Waals surface area contributed by atoms with E-state index in [9.17, 15) is 9.59 Å². The third kappa shape index (κ3) is 3.73. The maximum atomic E-state index is 12.5. The number of rotatable bonds is 5. The predicted molar refractivity (Wildman–Crippen MR) is 110 cm³/mol. The van der Waals surface area contributed by atoms with Crippen LogP contribution in [0.3, 0.4) is 0 Å². The van der Waals surface area contributed by atoms with E-state index >= 15 is 0 Å². The molecule has 8 nitrogen and oxygen atoms in total. The lowest BCUT2D eigenvalue weighted by molar-refractivity contribution is 0.0994. The summed E-state index contributed by atoms with van der Waals surface area (Å²) in [7, 11) is 0. The standard InChI is InChI=1S/C18H13BrN6O2S/c19-12-7-22-25(8-12)13-3-1-10(2-4-13)17(27)24-18-23-15(9-28-18)11-5-14(16(20)26)21-6-11/h1-9,21H,(H2,20,26)(H,23,24,27). The Hall–Kier alpha value is -3.24. The number of carbonyl (C=O) groups is 2. The van der Waals surface area contributed by atoms with Gasteiger partial charge in [-0.1, -0.05) is 0 Å². The smallest absolute Gasteiger partial charge is 0.265 e. The van der Waals surface area contributed by atoms with E-state index in [2.05, 4.69) is 36.3 Å². The number of nitrogens with two attached hydrogens (primary N) is 1. The van der Waals surface area contributed by atoms with Crippen molar-refractivity contribution in [3.05, 3.63) is 70.0 Å². The van der Waals surface area contributed by atoms with E-state index in [1.807, 2.05) is 18.3 Å². The van der Waals surface area contributed by atoms with E-state index in [-0.39, 0.29) is 5.91 Å². The van der Waals surface area contributed by atoms with Crippen molar-refractivity contribution in [2.24, 2.45) is 5.73 Å². The molecule has 0 aliphatic rings. The monoisotopic (exact) mass is 456 g/mol. The maximum absolute atomic E-state index is 12.5. The van der Waals surface area contributed by atoms with Gasteiger partial charge in [0.1, 0.15) is 5.69 Å². The molecule has 0 spiro atoms. The molecule has 4 aromatic rings. The van der Waals surface area contributed by atoms with Gasteiger partial charge in [0.2, 0.25) is 0 Å². The quantitative estimate of drug-likeness (QED) is 0.425. The third-order valence-corrected chi connectivity index (χ3v) is 5.08. The van der Waals surface area contributed by atoms with Crippen molar-refractivity contribution >= 4 is 44.2 Å². The zero-order chi connectivity index (χ0) is 19.7. The second-order valence-electron chi connectivity index (χ2n) is 5.81. The summed E-state index contributed by atoms with van der Waals surface area (Å²) in [6.45, 7) is 0. The van der Waals surface area contributed by atoms with Crippen molar-refractivity contribution < 1.29 is 9.59 Å². The topological polar surface area (TPSA) is 119 Å². The Bertz CT molecular complexity index is 1160. The number of aromatic amines is 1. The molecule has 3 heterocycles. The Balaban J connectivity index is 1.46. The average molecular weight is 457 g/mol. The number of nitrogens with zero attached hydrogens (tertiary/aromatic N) is 3. The van der Waals surface area contributed by atoms with Gasteiger partial charge in [0.15, 0.2) is 5.13 Å². The zero-order valence-electron chi connectivity index (χ0n) is 14.2. The SMILES string of the molecule is NC(=O)c1cc(-c2csc(NC(=O)c3ccc(-n4cc(Br)cn4)cc3)n2)c[nH]1. The van der Waals surface area contributed by atoms with Crippen molar-refractivity contribution in [2.45, 2.75) is 0 Å². The largest absolute Gasteiger partial charge is 0.364 e. The molecule has 0 saturated heterocycles. The second-order valence-corrected chi connectivity index (χ2v) is 7.58. The van der Waals surface area contributed by atoms with Crippen molar-refractivity contribution in [3.63, 3.8) is 0 Å². The van der Waals surface area contributed by atoms with Crippen LogP contribution in [0.4, 0.5) is 5.13 Å². The minimum absolute atomic E-state index is 0.263. The first-order valence-electron chi connectivity index (χ1n) is 8.06. The van der Waals surface area contributed by atoms with Gasteiger partial charge in [-0.05, 0) is 46.3 Å². The number of primary amides is 1. The molecule has 2 amide bonds. The molecule has 0 atom stereocenters. The van der Waals surface area contributed by atoms with Gasteiger partial charge in [-0.25, -0.2) is 9.67 Å². The summed E-state index contributed by atoms with van der Waals surface area (Å²) in [5.41, 5.74) is 8.25. The van der Waals surface area contributed by atoms with E-state index in [1.54, 1.807) is 40.7 Å². The molecule has 4 rings (SSSR count). The van der Waals surface area contributed by atoms with Crippen LogP contribution >= 0.6 is 27.3 Å². The molecule has 4 N–H and O–H groups in total. The number of carbonyl (C=O) groups excluding carboxylic acids is 2. The lowest BCUT2D eigenvalue weighted by atomic mass is 10.2. The average Bonchev–Trinajstić information content (AvgIpc) is 3.42. The summed E-state index contributed by atoms with van der Waals surface area (Å²) >= 11 is 4.65. The third-order valence-electron chi connectivity index (χ3n) is 3.91. The molecule has 0 fully saturated rings. The van der Waals surface area contributed by atoms with Crippen LogP contribution in [0, 0.1) is 0 Å². The van der Waals surface area contributed by atoms with E-state index < -0.39 is 5.91 Å². The highest BCUT2D eigenvalue weighted by molar-refractivity contribution is 9.10. The van der Waals surface area contributed by atoms with E-state index in [0.717, 1.165) is 15.7 Å². The second kappa shape index (κ2) is 7.41. The number of amides is 2. The van der Waals surface area contributed by atoms with Crippen LogP contribution in [-0.4, -0.2) is 31.6 Å². The van der Waals surface area contributed by atoms with Crippen molar-refractivity contribution in [3.8, 4) is 16.9 Å². The molecule has 1 aromatic carbocycles. The number of anilines is 1. The minimum atomic E-state index is -0.541. The Labute approximate surface area is 171 Å². The zero-order valence-corrected chi connectivity index (χ0v) is 16.6. The summed E-state index contributed by atoms with van der Waals surface area (Å²) in [5, 5.41) is 9.23. The number of H-pyrrole nitrogens is 1. The van der Waals surface area contributed by atoms with Gasteiger partial charge in [0.25, 0.3) is 11.8 Å². The number of thiazole rings is 1. The number of hydrogen-bond donors (Lipinski definition) is 3. The fraction of sp³-hybridized carbons (Fsp3) is 0. The van der Waals surface area contributed by atoms with Crippen LogP contribution in [0.15, 0.2) is 58.8 Å². The molecule has 0 radical (unpaired) electrons. The van der Waals surface area contributed by atoms with Crippen LogP contribution in [-0.2, 0) is 0 Å². The summed E-state index contributed by atoms with van der Waals surface area (Å²) < 4.78 is 2.58. The van der Waals surface area contributed by atoms with Gasteiger partial charge in [-0.2, -0.15) is 5.10 Å². The molecule has 140 valence electrons. The molecular formula is C18H13BrN6O2S. The van der Waals surface area contributed by atoms with E-state index in [4.69, 9.17) is 5.73 Å². The molecular weight excluding hydrogens is 444 g/mol. The first-order valence-corrected chi connectivity index (χ1v) is 9.73. The minimum Gasteiger partial charge on any atom is -0.364 e. The Kier molecular flexibility index (Phi) is 4.80. The Morgan fingerprint density at radius 3 is 2.68 bits per heavy atom. The van der Waals surface area contributed by atoms with Crippen molar-refractivity contribution in [2.75, 3.05) is 5.32 Å². The number of aromatic nitrogens is 4. The Morgan fingerprint density at radius 1 is 1.25 bits per heavy atom. The molecule has 28 heavy (non-hydrogen) atoms. The highest BCUT2D eigenvalue weighted by Gasteiger charge is 2.12. The lowest BCUT2D eigenvalue weighted by Crippen LogP contribution is -2.11. The summed E-state index contributed by atoms with van der Waals surface area (Å²) in [6, 6.07) is 8.69. The number of benzene rings is 1. The molecule has 0 unspecified atom stereocenters. The first kappa shape index (κ1) is 18.1. The van der Waals surface area contributed by atoms with Crippen LogP contribution in [0.2, 0.25) is 0 Å². The van der Waals surface area contributed by atoms with Crippen molar-refractivity contribution in [1.82, 2.24) is 19.7 Å². The summed E-state index contributed by atoms with van der Waals surface area (Å²) in [6.07, 6.45) is 5.17.